The number of rotatable bonds is 3. The maximum atomic E-state index is 10.7. The molecule has 84 valence electrons. The van der Waals surface area contributed by atoms with Crippen LogP contribution in [0.3, 0.4) is 0 Å². The summed E-state index contributed by atoms with van der Waals surface area (Å²) in [5.41, 5.74) is 6.00. The Morgan fingerprint density at radius 1 is 1.50 bits per heavy atom. The fraction of sp³-hybridized carbons (Fsp3) is 0.273. The SMILES string of the molecule is NCCC#Cc1ccc(CO)c([N+](=O)[O-])c1. The van der Waals surface area contributed by atoms with Crippen LogP contribution in [0, 0.1) is 22.0 Å². The molecule has 0 aliphatic carbocycles. The van der Waals surface area contributed by atoms with Gasteiger partial charge in [0.1, 0.15) is 0 Å². The van der Waals surface area contributed by atoms with Crippen LogP contribution in [0.1, 0.15) is 17.5 Å². The average molecular weight is 220 g/mol. The summed E-state index contributed by atoms with van der Waals surface area (Å²) >= 11 is 0. The lowest BCUT2D eigenvalue weighted by molar-refractivity contribution is -0.385. The highest BCUT2D eigenvalue weighted by Crippen LogP contribution is 2.19. The molecule has 0 aromatic heterocycles. The standard InChI is InChI=1S/C11H12N2O3/c12-6-2-1-3-9-4-5-10(8-14)11(7-9)13(15)16/h4-5,7,14H,2,6,8,12H2. The van der Waals surface area contributed by atoms with Gasteiger partial charge in [-0.25, -0.2) is 0 Å². The first-order chi connectivity index (χ1) is 7.69. The van der Waals surface area contributed by atoms with Crippen molar-refractivity contribution in [3.8, 4) is 11.8 Å². The van der Waals surface area contributed by atoms with Crippen LogP contribution in [-0.4, -0.2) is 16.6 Å². The van der Waals surface area contributed by atoms with Crippen LogP contribution in [0.2, 0.25) is 0 Å². The number of nitrogens with two attached hydrogens (primary N) is 1. The van der Waals surface area contributed by atoms with Crippen molar-refractivity contribution in [2.75, 3.05) is 6.54 Å². The summed E-state index contributed by atoms with van der Waals surface area (Å²) in [6.07, 6.45) is 0.551. The highest BCUT2D eigenvalue weighted by molar-refractivity contribution is 5.48. The van der Waals surface area contributed by atoms with Crippen molar-refractivity contribution in [2.24, 2.45) is 5.73 Å². The number of nitro groups is 1. The summed E-state index contributed by atoms with van der Waals surface area (Å²) in [4.78, 5) is 10.2. The second-order valence-corrected chi connectivity index (χ2v) is 3.10. The van der Waals surface area contributed by atoms with Crippen molar-refractivity contribution >= 4 is 5.69 Å². The van der Waals surface area contributed by atoms with Crippen LogP contribution in [0.15, 0.2) is 18.2 Å². The first-order valence-electron chi connectivity index (χ1n) is 4.76. The molecule has 0 fully saturated rings. The van der Waals surface area contributed by atoms with Gasteiger partial charge in [0.25, 0.3) is 5.69 Å². The lowest BCUT2D eigenvalue weighted by Gasteiger charge is -1.99. The van der Waals surface area contributed by atoms with E-state index in [1.54, 1.807) is 6.07 Å². The Morgan fingerprint density at radius 2 is 2.25 bits per heavy atom. The van der Waals surface area contributed by atoms with Crippen LogP contribution in [-0.2, 0) is 6.61 Å². The van der Waals surface area contributed by atoms with Gasteiger partial charge in [-0.3, -0.25) is 10.1 Å². The van der Waals surface area contributed by atoms with E-state index in [1.807, 2.05) is 0 Å². The molecule has 0 spiro atoms. The minimum atomic E-state index is -0.528. The van der Waals surface area contributed by atoms with Gasteiger partial charge >= 0.3 is 0 Å². The van der Waals surface area contributed by atoms with Crippen molar-refractivity contribution in [2.45, 2.75) is 13.0 Å². The molecule has 0 unspecified atom stereocenters. The Morgan fingerprint density at radius 3 is 2.81 bits per heavy atom. The summed E-state index contributed by atoms with van der Waals surface area (Å²) in [6.45, 7) is 0.108. The lowest BCUT2D eigenvalue weighted by atomic mass is 10.1. The molecule has 1 aromatic carbocycles. The maximum absolute atomic E-state index is 10.7. The zero-order chi connectivity index (χ0) is 12.0. The molecule has 1 aromatic rings. The summed E-state index contributed by atoms with van der Waals surface area (Å²) in [5, 5.41) is 19.6. The summed E-state index contributed by atoms with van der Waals surface area (Å²) in [6, 6.07) is 4.50. The number of benzene rings is 1. The summed E-state index contributed by atoms with van der Waals surface area (Å²) in [5.74, 6) is 5.57. The highest BCUT2D eigenvalue weighted by atomic mass is 16.6. The average Bonchev–Trinajstić information content (AvgIpc) is 2.29. The van der Waals surface area contributed by atoms with Gasteiger partial charge in [0, 0.05) is 24.6 Å². The second-order valence-electron chi connectivity index (χ2n) is 3.10. The van der Waals surface area contributed by atoms with Gasteiger partial charge in [-0.05, 0) is 12.1 Å². The molecular weight excluding hydrogens is 208 g/mol. The minimum Gasteiger partial charge on any atom is -0.391 e. The van der Waals surface area contributed by atoms with Crippen LogP contribution < -0.4 is 5.73 Å². The molecule has 0 bridgehead atoms. The van der Waals surface area contributed by atoms with Gasteiger partial charge in [0.05, 0.1) is 17.1 Å². The molecule has 0 heterocycles. The Kier molecular flexibility index (Phi) is 4.45. The molecule has 5 nitrogen and oxygen atoms in total. The summed E-state index contributed by atoms with van der Waals surface area (Å²) in [7, 11) is 0. The predicted molar refractivity (Wildman–Crippen MR) is 59.6 cm³/mol. The number of aliphatic hydroxyl groups is 1. The van der Waals surface area contributed by atoms with Crippen molar-refractivity contribution < 1.29 is 10.0 Å². The largest absolute Gasteiger partial charge is 0.391 e. The predicted octanol–water partition coefficient (Wildman–Crippen LogP) is 0.787. The Balaban J connectivity index is 3.04. The van der Waals surface area contributed by atoms with Crippen LogP contribution in [0.5, 0.6) is 0 Å². The van der Waals surface area contributed by atoms with E-state index in [-0.39, 0.29) is 17.9 Å². The number of nitrogens with zero attached hydrogens (tertiary/aromatic N) is 1. The van der Waals surface area contributed by atoms with Gasteiger partial charge < -0.3 is 10.8 Å². The monoisotopic (exact) mass is 220 g/mol. The van der Waals surface area contributed by atoms with E-state index in [4.69, 9.17) is 10.8 Å². The summed E-state index contributed by atoms with van der Waals surface area (Å²) < 4.78 is 0. The van der Waals surface area contributed by atoms with Crippen LogP contribution in [0.25, 0.3) is 0 Å². The molecule has 3 N–H and O–H groups in total. The lowest BCUT2D eigenvalue weighted by Crippen LogP contribution is -1.96. The maximum Gasteiger partial charge on any atom is 0.276 e. The van der Waals surface area contributed by atoms with Crippen molar-refractivity contribution in [3.63, 3.8) is 0 Å². The quantitative estimate of drug-likeness (QED) is 0.447. The Labute approximate surface area is 93.0 Å². The molecule has 5 heteroatoms. The molecule has 0 radical (unpaired) electrons. The first kappa shape index (κ1) is 12.2. The van der Waals surface area contributed by atoms with Gasteiger partial charge in [-0.15, -0.1) is 0 Å². The van der Waals surface area contributed by atoms with Gasteiger partial charge in [0.15, 0.2) is 0 Å². The number of hydrogen-bond donors (Lipinski definition) is 2. The molecule has 0 aliphatic rings. The van der Waals surface area contributed by atoms with Gasteiger partial charge in [-0.2, -0.15) is 0 Å². The third-order valence-electron chi connectivity index (χ3n) is 1.95. The van der Waals surface area contributed by atoms with E-state index in [1.165, 1.54) is 12.1 Å². The van der Waals surface area contributed by atoms with Crippen molar-refractivity contribution in [1.29, 1.82) is 0 Å². The number of hydrogen-bond acceptors (Lipinski definition) is 4. The molecule has 0 saturated heterocycles. The van der Waals surface area contributed by atoms with E-state index in [9.17, 15) is 10.1 Å². The molecule has 0 saturated carbocycles. The third kappa shape index (κ3) is 3.05. The molecule has 0 atom stereocenters. The second kappa shape index (κ2) is 5.85. The molecular formula is C11H12N2O3. The smallest absolute Gasteiger partial charge is 0.276 e. The number of aliphatic hydroxyl groups excluding tert-OH is 1. The zero-order valence-electron chi connectivity index (χ0n) is 8.64. The van der Waals surface area contributed by atoms with E-state index in [0.29, 0.717) is 18.5 Å². The van der Waals surface area contributed by atoms with E-state index < -0.39 is 4.92 Å². The van der Waals surface area contributed by atoms with E-state index in [2.05, 4.69) is 11.8 Å². The van der Waals surface area contributed by atoms with E-state index in [0.717, 1.165) is 0 Å². The van der Waals surface area contributed by atoms with E-state index >= 15 is 0 Å². The molecule has 0 aliphatic heterocycles. The number of nitro benzene ring substituents is 1. The first-order valence-corrected chi connectivity index (χ1v) is 4.76. The normalized spacial score (nSPS) is 9.38. The Bertz CT molecular complexity index is 446. The molecule has 1 rings (SSSR count). The van der Waals surface area contributed by atoms with Gasteiger partial charge in [0.2, 0.25) is 0 Å². The van der Waals surface area contributed by atoms with Crippen molar-refractivity contribution in [1.82, 2.24) is 0 Å². The highest BCUT2D eigenvalue weighted by Gasteiger charge is 2.12. The zero-order valence-corrected chi connectivity index (χ0v) is 8.64. The Hall–Kier alpha value is -1.90. The molecule has 0 amide bonds. The van der Waals surface area contributed by atoms with Crippen LogP contribution in [0.4, 0.5) is 5.69 Å². The topological polar surface area (TPSA) is 89.4 Å². The fourth-order valence-electron chi connectivity index (χ4n) is 1.18. The van der Waals surface area contributed by atoms with Gasteiger partial charge in [-0.1, -0.05) is 11.8 Å². The van der Waals surface area contributed by atoms with Crippen molar-refractivity contribution in [3.05, 3.63) is 39.4 Å². The third-order valence-corrected chi connectivity index (χ3v) is 1.95. The molecule has 16 heavy (non-hydrogen) atoms. The fourth-order valence-corrected chi connectivity index (χ4v) is 1.18. The minimum absolute atomic E-state index is 0.109. The van der Waals surface area contributed by atoms with Crippen LogP contribution >= 0.6 is 0 Å².